The molecule has 0 saturated heterocycles. The lowest BCUT2D eigenvalue weighted by Gasteiger charge is -2.09. The van der Waals surface area contributed by atoms with Crippen LogP contribution in [0.2, 0.25) is 0 Å². The number of amides is 1. The van der Waals surface area contributed by atoms with Crippen molar-refractivity contribution in [2.24, 2.45) is 0 Å². The number of aliphatic hydroxyl groups is 1. The van der Waals surface area contributed by atoms with E-state index in [-0.39, 0.29) is 12.0 Å². The van der Waals surface area contributed by atoms with E-state index in [0.29, 0.717) is 0 Å². The van der Waals surface area contributed by atoms with Gasteiger partial charge in [-0.05, 0) is 37.1 Å². The fourth-order valence-corrected chi connectivity index (χ4v) is 1.61. The number of hydrogen-bond acceptors (Lipinski definition) is 3. The number of carbonyl (C=O) groups excluding carboxylic acids is 1. The summed E-state index contributed by atoms with van der Waals surface area (Å²) >= 11 is 0. The SMILES string of the molecule is CCC(O)CCNCc1ccc(NC(C)=O)cc1. The molecule has 4 nitrogen and oxygen atoms in total. The van der Waals surface area contributed by atoms with Crippen LogP contribution in [-0.4, -0.2) is 23.7 Å². The summed E-state index contributed by atoms with van der Waals surface area (Å²) in [7, 11) is 0. The van der Waals surface area contributed by atoms with Crippen LogP contribution in [0.3, 0.4) is 0 Å². The topological polar surface area (TPSA) is 61.4 Å². The summed E-state index contributed by atoms with van der Waals surface area (Å²) in [4.78, 5) is 10.9. The molecule has 0 saturated carbocycles. The molecule has 0 fully saturated rings. The van der Waals surface area contributed by atoms with Crippen molar-refractivity contribution < 1.29 is 9.90 Å². The first-order chi connectivity index (χ1) is 8.61. The van der Waals surface area contributed by atoms with Gasteiger partial charge in [0.05, 0.1) is 6.10 Å². The Bertz CT molecular complexity index is 363. The van der Waals surface area contributed by atoms with Crippen LogP contribution in [0.4, 0.5) is 5.69 Å². The molecule has 1 aromatic carbocycles. The van der Waals surface area contributed by atoms with Gasteiger partial charge in [-0.1, -0.05) is 19.1 Å². The number of benzene rings is 1. The molecular formula is C14H22N2O2. The van der Waals surface area contributed by atoms with Gasteiger partial charge in [-0.2, -0.15) is 0 Å². The molecule has 0 radical (unpaired) electrons. The molecule has 0 bridgehead atoms. The van der Waals surface area contributed by atoms with Crippen molar-refractivity contribution in [2.45, 2.75) is 39.3 Å². The second-order valence-electron chi connectivity index (χ2n) is 4.41. The first kappa shape index (κ1) is 14.7. The maximum Gasteiger partial charge on any atom is 0.221 e. The van der Waals surface area contributed by atoms with Crippen molar-refractivity contribution >= 4 is 11.6 Å². The van der Waals surface area contributed by atoms with Crippen LogP contribution in [-0.2, 0) is 11.3 Å². The standard InChI is InChI=1S/C14H22N2O2/c1-3-14(18)8-9-15-10-12-4-6-13(7-5-12)16-11(2)17/h4-7,14-15,18H,3,8-10H2,1-2H3,(H,16,17). The van der Waals surface area contributed by atoms with Crippen molar-refractivity contribution in [2.75, 3.05) is 11.9 Å². The summed E-state index contributed by atoms with van der Waals surface area (Å²) in [5, 5.41) is 15.4. The van der Waals surface area contributed by atoms with Gasteiger partial charge in [0, 0.05) is 19.2 Å². The molecule has 1 rings (SSSR count). The van der Waals surface area contributed by atoms with Gasteiger partial charge in [0.15, 0.2) is 0 Å². The molecule has 0 heterocycles. The van der Waals surface area contributed by atoms with Crippen molar-refractivity contribution in [1.29, 1.82) is 0 Å². The normalized spacial score (nSPS) is 12.2. The highest BCUT2D eigenvalue weighted by atomic mass is 16.3. The van der Waals surface area contributed by atoms with Crippen molar-refractivity contribution in [1.82, 2.24) is 5.32 Å². The van der Waals surface area contributed by atoms with E-state index in [4.69, 9.17) is 0 Å². The van der Waals surface area contributed by atoms with Crippen molar-refractivity contribution in [3.63, 3.8) is 0 Å². The largest absolute Gasteiger partial charge is 0.393 e. The third-order valence-corrected chi connectivity index (χ3v) is 2.73. The van der Waals surface area contributed by atoms with E-state index in [0.717, 1.165) is 37.2 Å². The van der Waals surface area contributed by atoms with Crippen LogP contribution in [0.1, 0.15) is 32.3 Å². The molecule has 18 heavy (non-hydrogen) atoms. The maximum atomic E-state index is 10.9. The highest BCUT2D eigenvalue weighted by Gasteiger charge is 2.00. The fraction of sp³-hybridized carbons (Fsp3) is 0.500. The Morgan fingerprint density at radius 1 is 1.33 bits per heavy atom. The molecule has 0 aliphatic rings. The average Bonchev–Trinajstić information content (AvgIpc) is 2.35. The molecular weight excluding hydrogens is 228 g/mol. The third kappa shape index (κ3) is 5.80. The number of carbonyl (C=O) groups is 1. The lowest BCUT2D eigenvalue weighted by atomic mass is 10.2. The van der Waals surface area contributed by atoms with E-state index in [9.17, 15) is 9.90 Å². The fourth-order valence-electron chi connectivity index (χ4n) is 1.61. The summed E-state index contributed by atoms with van der Waals surface area (Å²) in [6, 6.07) is 7.74. The second-order valence-corrected chi connectivity index (χ2v) is 4.41. The minimum absolute atomic E-state index is 0.0607. The number of nitrogens with one attached hydrogen (secondary N) is 2. The monoisotopic (exact) mass is 250 g/mol. The molecule has 1 aromatic rings. The Kier molecular flexibility index (Phi) is 6.39. The van der Waals surface area contributed by atoms with E-state index in [2.05, 4.69) is 10.6 Å². The molecule has 1 unspecified atom stereocenters. The summed E-state index contributed by atoms with van der Waals surface area (Å²) in [5.74, 6) is -0.0607. The van der Waals surface area contributed by atoms with Gasteiger partial charge in [-0.3, -0.25) is 4.79 Å². The zero-order valence-electron chi connectivity index (χ0n) is 11.1. The van der Waals surface area contributed by atoms with Crippen LogP contribution < -0.4 is 10.6 Å². The van der Waals surface area contributed by atoms with E-state index in [1.165, 1.54) is 6.92 Å². The maximum absolute atomic E-state index is 10.9. The van der Waals surface area contributed by atoms with Gasteiger partial charge in [-0.15, -0.1) is 0 Å². The Hall–Kier alpha value is -1.39. The smallest absolute Gasteiger partial charge is 0.221 e. The van der Waals surface area contributed by atoms with Crippen LogP contribution in [0.5, 0.6) is 0 Å². The Labute approximate surface area is 108 Å². The third-order valence-electron chi connectivity index (χ3n) is 2.73. The molecule has 1 amide bonds. The van der Waals surface area contributed by atoms with Crippen molar-refractivity contribution in [3.8, 4) is 0 Å². The zero-order chi connectivity index (χ0) is 13.4. The van der Waals surface area contributed by atoms with Gasteiger partial charge >= 0.3 is 0 Å². The molecule has 0 spiro atoms. The minimum Gasteiger partial charge on any atom is -0.393 e. The molecule has 3 N–H and O–H groups in total. The Morgan fingerprint density at radius 3 is 2.56 bits per heavy atom. The molecule has 0 aromatic heterocycles. The number of rotatable bonds is 7. The predicted octanol–water partition coefficient (Wildman–Crippen LogP) is 1.90. The lowest BCUT2D eigenvalue weighted by Crippen LogP contribution is -2.19. The number of hydrogen-bond donors (Lipinski definition) is 3. The molecule has 100 valence electrons. The van der Waals surface area contributed by atoms with Crippen LogP contribution in [0, 0.1) is 0 Å². The quantitative estimate of drug-likeness (QED) is 0.648. The highest BCUT2D eigenvalue weighted by Crippen LogP contribution is 2.09. The van der Waals surface area contributed by atoms with Gasteiger partial charge in [0.1, 0.15) is 0 Å². The molecule has 0 aliphatic heterocycles. The van der Waals surface area contributed by atoms with Gasteiger partial charge in [0.25, 0.3) is 0 Å². The second kappa shape index (κ2) is 7.84. The first-order valence-corrected chi connectivity index (χ1v) is 6.37. The minimum atomic E-state index is -0.209. The molecule has 1 atom stereocenters. The van der Waals surface area contributed by atoms with Crippen LogP contribution in [0.25, 0.3) is 0 Å². The Morgan fingerprint density at radius 2 is 2.00 bits per heavy atom. The van der Waals surface area contributed by atoms with E-state index < -0.39 is 0 Å². The lowest BCUT2D eigenvalue weighted by molar-refractivity contribution is -0.114. The summed E-state index contributed by atoms with van der Waals surface area (Å²) in [6.45, 7) is 5.05. The van der Waals surface area contributed by atoms with E-state index in [1.807, 2.05) is 31.2 Å². The van der Waals surface area contributed by atoms with E-state index in [1.54, 1.807) is 0 Å². The van der Waals surface area contributed by atoms with Gasteiger partial charge in [0.2, 0.25) is 5.91 Å². The molecule has 4 heteroatoms. The number of aliphatic hydroxyl groups excluding tert-OH is 1. The summed E-state index contributed by atoms with van der Waals surface area (Å²) in [5.41, 5.74) is 1.97. The molecule has 0 aliphatic carbocycles. The average molecular weight is 250 g/mol. The van der Waals surface area contributed by atoms with Crippen molar-refractivity contribution in [3.05, 3.63) is 29.8 Å². The zero-order valence-corrected chi connectivity index (χ0v) is 11.1. The van der Waals surface area contributed by atoms with Gasteiger partial charge < -0.3 is 15.7 Å². The Balaban J connectivity index is 2.28. The first-order valence-electron chi connectivity index (χ1n) is 6.37. The number of anilines is 1. The highest BCUT2D eigenvalue weighted by molar-refractivity contribution is 5.88. The summed E-state index contributed by atoms with van der Waals surface area (Å²) < 4.78 is 0. The van der Waals surface area contributed by atoms with Crippen LogP contribution >= 0.6 is 0 Å². The summed E-state index contributed by atoms with van der Waals surface area (Å²) in [6.07, 6.45) is 1.37. The van der Waals surface area contributed by atoms with E-state index >= 15 is 0 Å². The predicted molar refractivity (Wildman–Crippen MR) is 73.4 cm³/mol. The van der Waals surface area contributed by atoms with Gasteiger partial charge in [-0.25, -0.2) is 0 Å². The van der Waals surface area contributed by atoms with Crippen LogP contribution in [0.15, 0.2) is 24.3 Å².